The highest BCUT2D eigenvalue weighted by Gasteiger charge is 2.37. The lowest BCUT2D eigenvalue weighted by molar-refractivity contribution is 0.660. The van der Waals surface area contributed by atoms with Crippen LogP contribution in [0.5, 0.6) is 0 Å². The van der Waals surface area contributed by atoms with Crippen LogP contribution in [0.4, 0.5) is 28.4 Å². The number of allylic oxidation sites excluding steroid dienone is 4. The molecule has 0 radical (unpaired) electrons. The van der Waals surface area contributed by atoms with Crippen molar-refractivity contribution in [1.82, 2.24) is 0 Å². The zero-order valence-electron chi connectivity index (χ0n) is 45.2. The number of nitrogens with zero attached hydrogens (tertiary/aromatic N) is 2. The molecule has 4 aliphatic rings. The average Bonchev–Trinajstić information content (AvgIpc) is 4.16. The molecule has 0 unspecified atom stereocenters. The SMILES string of the molecule is CC1(C)c2ccccc2-c2ccc(-c3ccc(N(C4=CC=CCC4)c4ccc5c(c4)sc4cc6c7c(cccc7c45)Sc4cc(N(c5ccccc5)c5ccc(-c7ccc8c(c7)C(C)(C)c7ccccc7-8)cc5)ccc4-6)cc3)cc21. The fourth-order valence-corrected chi connectivity index (χ4v) is 16.2. The zero-order chi connectivity index (χ0) is 53.4. The summed E-state index contributed by atoms with van der Waals surface area (Å²) in [7, 11) is 0. The lowest BCUT2D eigenvalue weighted by atomic mass is 9.81. The molecule has 0 fully saturated rings. The van der Waals surface area contributed by atoms with Crippen molar-refractivity contribution in [3.63, 3.8) is 0 Å². The predicted molar refractivity (Wildman–Crippen MR) is 342 cm³/mol. The molecule has 0 saturated heterocycles. The molecule has 382 valence electrons. The summed E-state index contributed by atoms with van der Waals surface area (Å²) < 4.78 is 2.62. The molecule has 80 heavy (non-hydrogen) atoms. The smallest absolute Gasteiger partial charge is 0.0473 e. The molecule has 0 bridgehead atoms. The number of thiophene rings is 1. The zero-order valence-corrected chi connectivity index (χ0v) is 46.9. The van der Waals surface area contributed by atoms with Crippen molar-refractivity contribution in [3.05, 3.63) is 271 Å². The third kappa shape index (κ3) is 7.25. The lowest BCUT2D eigenvalue weighted by Crippen LogP contribution is -2.17. The van der Waals surface area contributed by atoms with Gasteiger partial charge in [-0.15, -0.1) is 11.3 Å². The van der Waals surface area contributed by atoms with Gasteiger partial charge in [-0.25, -0.2) is 0 Å². The van der Waals surface area contributed by atoms with Gasteiger partial charge >= 0.3 is 0 Å². The summed E-state index contributed by atoms with van der Waals surface area (Å²) in [5, 5.41) is 5.33. The lowest BCUT2D eigenvalue weighted by Gasteiger charge is -2.29. The van der Waals surface area contributed by atoms with E-state index in [0.29, 0.717) is 0 Å². The Morgan fingerprint density at radius 1 is 0.362 bits per heavy atom. The summed E-state index contributed by atoms with van der Waals surface area (Å²) in [6, 6.07) is 84.8. The van der Waals surface area contributed by atoms with Gasteiger partial charge in [0.25, 0.3) is 0 Å². The summed E-state index contributed by atoms with van der Waals surface area (Å²) in [4.78, 5) is 7.46. The van der Waals surface area contributed by atoms with Crippen molar-refractivity contribution >= 4 is 82.5 Å². The van der Waals surface area contributed by atoms with Gasteiger partial charge in [-0.3, -0.25) is 0 Å². The first-order valence-corrected chi connectivity index (χ1v) is 29.7. The van der Waals surface area contributed by atoms with Gasteiger partial charge in [0.2, 0.25) is 0 Å². The number of anilines is 5. The van der Waals surface area contributed by atoms with Crippen molar-refractivity contribution < 1.29 is 0 Å². The Morgan fingerprint density at radius 3 is 1.56 bits per heavy atom. The van der Waals surface area contributed by atoms with Gasteiger partial charge in [0.05, 0.1) is 0 Å². The van der Waals surface area contributed by atoms with Gasteiger partial charge in [0, 0.05) is 80.3 Å². The molecule has 0 spiro atoms. The number of rotatable bonds is 8. The highest BCUT2D eigenvalue weighted by molar-refractivity contribution is 7.99. The molecule has 1 aliphatic heterocycles. The Kier molecular flexibility index (Phi) is 10.6. The van der Waals surface area contributed by atoms with E-state index < -0.39 is 0 Å². The molecule has 12 aromatic rings. The fourth-order valence-electron chi connectivity index (χ4n) is 13.9. The Hall–Kier alpha value is -8.67. The Balaban J connectivity index is 0.740. The van der Waals surface area contributed by atoms with E-state index in [-0.39, 0.29) is 10.8 Å². The normalized spacial score (nSPS) is 14.8. The fraction of sp³-hybridized carbons (Fsp3) is 0.105. The van der Waals surface area contributed by atoms with Crippen LogP contribution in [0.1, 0.15) is 62.8 Å². The van der Waals surface area contributed by atoms with E-state index in [2.05, 4.69) is 280 Å². The maximum Gasteiger partial charge on any atom is 0.0473 e. The first-order valence-electron chi connectivity index (χ1n) is 28.1. The molecule has 2 heterocycles. The van der Waals surface area contributed by atoms with Crippen LogP contribution in [0.25, 0.3) is 86.6 Å². The number of benzene rings is 11. The van der Waals surface area contributed by atoms with Crippen molar-refractivity contribution in [2.24, 2.45) is 0 Å². The van der Waals surface area contributed by atoms with Crippen LogP contribution < -0.4 is 9.80 Å². The summed E-state index contributed by atoms with van der Waals surface area (Å²) in [6.45, 7) is 9.44. The summed E-state index contributed by atoms with van der Waals surface area (Å²) >= 11 is 3.82. The monoisotopic (exact) mass is 1060 g/mol. The molecular weight excluding hydrogens is 1000 g/mol. The van der Waals surface area contributed by atoms with E-state index in [1.54, 1.807) is 0 Å². The van der Waals surface area contributed by atoms with Crippen LogP contribution in [-0.4, -0.2) is 0 Å². The van der Waals surface area contributed by atoms with Gasteiger partial charge < -0.3 is 9.80 Å². The molecule has 3 aliphatic carbocycles. The minimum Gasteiger partial charge on any atom is -0.314 e. The largest absolute Gasteiger partial charge is 0.314 e. The molecule has 16 rings (SSSR count). The molecule has 0 saturated carbocycles. The number of para-hydroxylation sites is 1. The van der Waals surface area contributed by atoms with E-state index in [1.165, 1.54) is 136 Å². The third-order valence-corrected chi connectivity index (χ3v) is 20.1. The van der Waals surface area contributed by atoms with Crippen molar-refractivity contribution in [2.75, 3.05) is 9.80 Å². The van der Waals surface area contributed by atoms with E-state index in [0.717, 1.165) is 29.9 Å². The minimum absolute atomic E-state index is 0.0388. The first kappa shape index (κ1) is 47.3. The number of hydrogen-bond acceptors (Lipinski definition) is 4. The summed E-state index contributed by atoms with van der Waals surface area (Å²) in [5.74, 6) is 0. The highest BCUT2D eigenvalue weighted by Crippen LogP contribution is 2.55. The van der Waals surface area contributed by atoms with Crippen LogP contribution in [-0.2, 0) is 10.8 Å². The second-order valence-corrected chi connectivity index (χ2v) is 25.3. The van der Waals surface area contributed by atoms with Gasteiger partial charge in [0.15, 0.2) is 0 Å². The highest BCUT2D eigenvalue weighted by atomic mass is 32.2. The average molecular weight is 1060 g/mol. The molecule has 11 aromatic carbocycles. The van der Waals surface area contributed by atoms with Gasteiger partial charge in [-0.05, 0) is 187 Å². The van der Waals surface area contributed by atoms with E-state index in [4.69, 9.17) is 0 Å². The second-order valence-electron chi connectivity index (χ2n) is 23.1. The molecule has 0 atom stereocenters. The van der Waals surface area contributed by atoms with E-state index in [9.17, 15) is 0 Å². The molecule has 1 aromatic heterocycles. The van der Waals surface area contributed by atoms with Crippen molar-refractivity contribution in [1.29, 1.82) is 0 Å². The maximum absolute atomic E-state index is 2.49. The quantitative estimate of drug-likeness (QED) is 0.150. The van der Waals surface area contributed by atoms with Crippen LogP contribution in [0, 0.1) is 0 Å². The minimum atomic E-state index is -0.0453. The van der Waals surface area contributed by atoms with Crippen LogP contribution >= 0.6 is 23.1 Å². The van der Waals surface area contributed by atoms with Gasteiger partial charge in [-0.2, -0.15) is 0 Å². The van der Waals surface area contributed by atoms with Crippen LogP contribution in [0.3, 0.4) is 0 Å². The van der Waals surface area contributed by atoms with Crippen molar-refractivity contribution in [2.45, 2.75) is 61.2 Å². The Labute approximate surface area is 476 Å². The third-order valence-electron chi connectivity index (χ3n) is 17.9. The second kappa shape index (κ2) is 17.9. The topological polar surface area (TPSA) is 6.48 Å². The molecular formula is C76H56N2S2. The molecule has 4 heteroatoms. The first-order chi connectivity index (χ1) is 39.2. The predicted octanol–water partition coefficient (Wildman–Crippen LogP) is 22.1. The van der Waals surface area contributed by atoms with Crippen LogP contribution in [0.2, 0.25) is 0 Å². The molecule has 0 N–H and O–H groups in total. The number of fused-ring (bicyclic) bond motifs is 12. The van der Waals surface area contributed by atoms with Crippen LogP contribution in [0.15, 0.2) is 258 Å². The van der Waals surface area contributed by atoms with Gasteiger partial charge in [-0.1, -0.05) is 191 Å². The number of hydrogen-bond donors (Lipinski definition) is 0. The Morgan fingerprint density at radius 2 is 0.912 bits per heavy atom. The molecule has 2 nitrogen and oxygen atoms in total. The Bertz CT molecular complexity index is 4610. The summed E-state index contributed by atoms with van der Waals surface area (Å²) in [6.07, 6.45) is 8.81. The van der Waals surface area contributed by atoms with Crippen molar-refractivity contribution in [3.8, 4) is 55.6 Å². The van der Waals surface area contributed by atoms with E-state index >= 15 is 0 Å². The van der Waals surface area contributed by atoms with E-state index in [1.807, 2.05) is 23.1 Å². The summed E-state index contributed by atoms with van der Waals surface area (Å²) in [5.41, 5.74) is 25.6. The standard InChI is InChI=1S/C76H56N2S2/c1-75(2)65-23-13-11-20-57(65)59-38-30-49(42-67(59)75)47-26-32-53(33-27-47)77(51-16-7-5-8-17-51)55-36-40-61-64-46-72-73(63-22-15-25-69(74(63)64)79-70(61)44-55)62-41-37-56(45-71(62)80-72)78(52-18-9-6-10-19-52)54-34-28-48(29-35-54)50-31-39-60-58-21-12-14-24-66(58)76(3,4)68(60)43-50/h5-9,11-18,20-46H,10,19H2,1-4H3. The van der Waals surface area contributed by atoms with Gasteiger partial charge in [0.1, 0.15) is 0 Å². The molecule has 0 amide bonds. The maximum atomic E-state index is 2.49.